The number of aromatic nitrogens is 2. The summed E-state index contributed by atoms with van der Waals surface area (Å²) in [7, 11) is -3.02. The van der Waals surface area contributed by atoms with Gasteiger partial charge in [-0.25, -0.2) is 4.98 Å². The van der Waals surface area contributed by atoms with Crippen LogP contribution in [0.15, 0.2) is 54.9 Å². The predicted molar refractivity (Wildman–Crippen MR) is 107 cm³/mol. The smallest absolute Gasteiger partial charge is 0.258 e. The maximum Gasteiger partial charge on any atom is 0.433 e. The Labute approximate surface area is 165 Å². The molecule has 0 fully saturated rings. The average Bonchev–Trinajstić information content (AvgIpc) is 3.07. The van der Waals surface area contributed by atoms with Gasteiger partial charge in [-0.2, -0.15) is 13.2 Å². The van der Waals surface area contributed by atoms with Crippen LogP contribution in [0.5, 0.6) is 0 Å². The highest BCUT2D eigenvalue weighted by Gasteiger charge is 2.32. The van der Waals surface area contributed by atoms with E-state index in [1.165, 1.54) is 22.8 Å². The molecule has 2 atom stereocenters. The van der Waals surface area contributed by atoms with Gasteiger partial charge >= 0.3 is 6.18 Å². The lowest BCUT2D eigenvalue weighted by Crippen LogP contribution is -2.23. The van der Waals surface area contributed by atoms with Gasteiger partial charge in [0.15, 0.2) is 0 Å². The fraction of sp³-hybridized carbons (Fsp3) is 0.211. The monoisotopic (exact) mass is 425 g/mol. The van der Waals surface area contributed by atoms with E-state index in [-0.39, 0.29) is 0 Å². The molecular formula is C19H18F3N3OS2. The van der Waals surface area contributed by atoms with Gasteiger partial charge in [0.05, 0.1) is 5.25 Å². The minimum absolute atomic E-state index is 0.373. The van der Waals surface area contributed by atoms with Gasteiger partial charge in [0, 0.05) is 38.8 Å². The van der Waals surface area contributed by atoms with Gasteiger partial charge in [-0.05, 0) is 24.1 Å². The zero-order chi connectivity index (χ0) is 20.4. The molecule has 2 N–H and O–H groups in total. The molecule has 2 heterocycles. The molecule has 3 rings (SSSR count). The minimum Gasteiger partial charge on any atom is -0.258 e. The van der Waals surface area contributed by atoms with Crippen molar-refractivity contribution in [1.82, 2.24) is 9.97 Å². The number of hydrogen-bond donors (Lipinski definition) is 1. The Balaban J connectivity index is 1.80. The first-order chi connectivity index (χ1) is 13.1. The zero-order valence-corrected chi connectivity index (χ0v) is 16.5. The molecule has 2 aromatic heterocycles. The normalized spacial score (nSPS) is 15.0. The van der Waals surface area contributed by atoms with Crippen molar-refractivity contribution in [2.75, 3.05) is 0 Å². The van der Waals surface area contributed by atoms with Crippen molar-refractivity contribution >= 4 is 26.4 Å². The number of rotatable bonds is 5. The van der Waals surface area contributed by atoms with E-state index in [0.29, 0.717) is 17.0 Å². The van der Waals surface area contributed by atoms with Crippen LogP contribution >= 0.6 is 11.3 Å². The first kappa shape index (κ1) is 20.5. The van der Waals surface area contributed by atoms with E-state index in [9.17, 15) is 17.4 Å². The molecule has 0 bridgehead atoms. The third-order valence-corrected chi connectivity index (χ3v) is 7.24. The van der Waals surface area contributed by atoms with Crippen LogP contribution in [0.2, 0.25) is 0 Å². The number of pyridine rings is 1. The van der Waals surface area contributed by atoms with E-state index in [0.717, 1.165) is 22.7 Å². The fourth-order valence-electron chi connectivity index (χ4n) is 2.54. The number of thiazole rings is 1. The van der Waals surface area contributed by atoms with E-state index < -0.39 is 26.8 Å². The fourth-order valence-corrected chi connectivity index (χ4v) is 5.05. The van der Waals surface area contributed by atoms with Gasteiger partial charge < -0.3 is 0 Å². The summed E-state index contributed by atoms with van der Waals surface area (Å²) in [5.74, 6) is 0. The maximum absolute atomic E-state index is 12.9. The molecule has 0 aliphatic heterocycles. The summed E-state index contributed by atoms with van der Waals surface area (Å²) >= 11 is 1.38. The Hall–Kier alpha value is -2.23. The molecule has 2 unspecified atom stereocenters. The summed E-state index contributed by atoms with van der Waals surface area (Å²) in [5, 5.41) is 7.21. The van der Waals surface area contributed by atoms with Gasteiger partial charge in [0.1, 0.15) is 10.7 Å². The van der Waals surface area contributed by atoms with Crippen molar-refractivity contribution in [3.63, 3.8) is 0 Å². The van der Waals surface area contributed by atoms with Crippen molar-refractivity contribution in [2.24, 2.45) is 5.14 Å². The van der Waals surface area contributed by atoms with Crippen molar-refractivity contribution in [3.8, 4) is 0 Å². The van der Waals surface area contributed by atoms with Crippen LogP contribution in [0.1, 0.15) is 38.9 Å². The quantitative estimate of drug-likeness (QED) is 0.623. The van der Waals surface area contributed by atoms with Gasteiger partial charge in [-0.15, -0.1) is 11.3 Å². The molecule has 0 aliphatic carbocycles. The second-order valence-corrected chi connectivity index (χ2v) is 9.74. The maximum atomic E-state index is 12.9. The third-order valence-electron chi connectivity index (χ3n) is 4.18. The van der Waals surface area contributed by atoms with E-state index in [1.54, 1.807) is 13.1 Å². The molecule has 4 nitrogen and oxygen atoms in total. The SMILES string of the molecule is CC(c1ccc(C(F)(F)F)nc1)S(N)(=O)=Cc1ncc(Cc2ccccc2)s1. The first-order valence-electron chi connectivity index (χ1n) is 8.32. The van der Waals surface area contributed by atoms with Crippen LogP contribution in [0.25, 0.3) is 0 Å². The standard InChI is InChI=1S/C19H18F3N3OS2/c1-13(15-7-8-17(24-10-15)19(20,21)22)28(23,26)12-18-25-11-16(27-18)9-14-5-3-2-4-6-14/h2-8,10-13H,9H2,1H3,(H2,23,26). The van der Waals surface area contributed by atoms with Crippen LogP contribution in [-0.4, -0.2) is 19.5 Å². The van der Waals surface area contributed by atoms with Gasteiger partial charge in [0.25, 0.3) is 0 Å². The number of nitrogens with zero attached hydrogens (tertiary/aromatic N) is 2. The van der Waals surface area contributed by atoms with Crippen LogP contribution in [0.4, 0.5) is 13.2 Å². The number of halogens is 3. The molecule has 0 saturated heterocycles. The summed E-state index contributed by atoms with van der Waals surface area (Å²) in [6.45, 7) is 1.60. The van der Waals surface area contributed by atoms with Crippen molar-refractivity contribution in [2.45, 2.75) is 24.8 Å². The number of benzene rings is 1. The highest BCUT2D eigenvalue weighted by Crippen LogP contribution is 2.29. The summed E-state index contributed by atoms with van der Waals surface area (Å²) in [6, 6.07) is 12.0. The molecule has 3 aromatic rings. The van der Waals surface area contributed by atoms with Crippen molar-refractivity contribution in [1.29, 1.82) is 0 Å². The molecule has 0 saturated carbocycles. The molecular weight excluding hydrogens is 407 g/mol. The predicted octanol–water partition coefficient (Wildman–Crippen LogP) is 4.22. The molecule has 9 heteroatoms. The summed E-state index contributed by atoms with van der Waals surface area (Å²) in [5.41, 5.74) is 0.509. The van der Waals surface area contributed by atoms with Gasteiger partial charge in [-0.3, -0.25) is 14.3 Å². The topological polar surface area (TPSA) is 68.9 Å². The molecule has 148 valence electrons. The molecule has 0 amide bonds. The minimum atomic E-state index is -4.52. The Kier molecular flexibility index (Phi) is 5.87. The number of nitrogens with two attached hydrogens (primary N) is 1. The van der Waals surface area contributed by atoms with Crippen LogP contribution in [0, 0.1) is 0 Å². The van der Waals surface area contributed by atoms with Gasteiger partial charge in [0.2, 0.25) is 0 Å². The largest absolute Gasteiger partial charge is 0.433 e. The lowest BCUT2D eigenvalue weighted by atomic mass is 10.1. The molecule has 0 aliphatic rings. The summed E-state index contributed by atoms with van der Waals surface area (Å²) in [4.78, 5) is 8.67. The Morgan fingerprint density at radius 3 is 2.46 bits per heavy atom. The van der Waals surface area contributed by atoms with Crippen molar-refractivity contribution in [3.05, 3.63) is 81.6 Å². The summed E-state index contributed by atoms with van der Waals surface area (Å²) < 4.78 is 50.9. The van der Waals surface area contributed by atoms with E-state index in [4.69, 9.17) is 5.14 Å². The Morgan fingerprint density at radius 2 is 1.86 bits per heavy atom. The van der Waals surface area contributed by atoms with E-state index in [2.05, 4.69) is 9.97 Å². The highest BCUT2D eigenvalue weighted by atomic mass is 32.2. The Bertz CT molecular complexity index is 1050. The zero-order valence-electron chi connectivity index (χ0n) is 14.9. The lowest BCUT2D eigenvalue weighted by molar-refractivity contribution is -0.141. The second-order valence-electron chi connectivity index (χ2n) is 6.26. The van der Waals surface area contributed by atoms with Gasteiger partial charge in [-0.1, -0.05) is 36.4 Å². The first-order valence-corrected chi connectivity index (χ1v) is 10.9. The number of hydrogen-bond acceptors (Lipinski definition) is 4. The van der Waals surface area contributed by atoms with Crippen LogP contribution < -0.4 is 5.14 Å². The molecule has 28 heavy (non-hydrogen) atoms. The third kappa shape index (κ3) is 4.98. The van der Waals surface area contributed by atoms with Crippen LogP contribution in [0.3, 0.4) is 0 Å². The number of alkyl halides is 3. The van der Waals surface area contributed by atoms with E-state index in [1.807, 2.05) is 30.3 Å². The molecule has 1 aromatic carbocycles. The molecule has 0 spiro atoms. The molecule has 0 radical (unpaired) electrons. The Morgan fingerprint density at radius 1 is 1.14 bits per heavy atom. The van der Waals surface area contributed by atoms with E-state index >= 15 is 0 Å². The average molecular weight is 426 g/mol. The summed E-state index contributed by atoms with van der Waals surface area (Å²) in [6.07, 6.45) is -1.04. The second kappa shape index (κ2) is 8.02. The highest BCUT2D eigenvalue weighted by molar-refractivity contribution is 7.99. The lowest BCUT2D eigenvalue weighted by Gasteiger charge is -2.15. The van der Waals surface area contributed by atoms with Crippen LogP contribution in [-0.2, 0) is 22.3 Å². The van der Waals surface area contributed by atoms with Crippen molar-refractivity contribution < 1.29 is 17.4 Å².